The normalized spacial score (nSPS) is 15.6. The molecule has 0 aliphatic carbocycles. The predicted molar refractivity (Wildman–Crippen MR) is 101 cm³/mol. The lowest BCUT2D eigenvalue weighted by atomic mass is 10.1. The molecule has 0 aromatic heterocycles. The average molecular weight is 371 g/mol. The van der Waals surface area contributed by atoms with Crippen molar-refractivity contribution in [2.75, 3.05) is 57.0 Å². The van der Waals surface area contributed by atoms with E-state index in [1.54, 1.807) is 7.11 Å². The first-order valence-corrected chi connectivity index (χ1v) is 10.6. The minimum atomic E-state index is -3.39. The molecule has 6 nitrogen and oxygen atoms in total. The van der Waals surface area contributed by atoms with E-state index in [2.05, 4.69) is 9.62 Å². The van der Waals surface area contributed by atoms with Crippen molar-refractivity contribution in [3.05, 3.63) is 29.8 Å². The maximum Gasteiger partial charge on any atom is 0.234 e. The highest BCUT2D eigenvalue weighted by Gasteiger charge is 2.11. The van der Waals surface area contributed by atoms with Gasteiger partial charge in [0.05, 0.1) is 25.6 Å². The minimum absolute atomic E-state index is 0.0612. The van der Waals surface area contributed by atoms with Crippen LogP contribution >= 0.6 is 0 Å². The van der Waals surface area contributed by atoms with Crippen LogP contribution < -0.4 is 4.72 Å². The van der Waals surface area contributed by atoms with Crippen LogP contribution in [0.4, 0.5) is 5.69 Å². The molecule has 7 heteroatoms. The van der Waals surface area contributed by atoms with Crippen molar-refractivity contribution in [3.63, 3.8) is 0 Å². The molecule has 0 saturated carbocycles. The SMILES string of the molecule is COCCOCCS(=O)(=O)Nc1ccc(CCCN2CCCC2)cc1. The quantitative estimate of drug-likeness (QED) is 0.571. The Labute approximate surface area is 151 Å². The fourth-order valence-electron chi connectivity index (χ4n) is 2.90. The molecule has 0 spiro atoms. The maximum atomic E-state index is 12.0. The molecular formula is C18H30N2O4S. The molecule has 1 aliphatic heterocycles. The van der Waals surface area contributed by atoms with E-state index in [0.717, 1.165) is 19.4 Å². The van der Waals surface area contributed by atoms with Crippen molar-refractivity contribution in [2.24, 2.45) is 0 Å². The van der Waals surface area contributed by atoms with Crippen LogP contribution in [0.3, 0.4) is 0 Å². The number of anilines is 1. The zero-order valence-electron chi connectivity index (χ0n) is 15.1. The van der Waals surface area contributed by atoms with Crippen molar-refractivity contribution in [2.45, 2.75) is 25.7 Å². The van der Waals surface area contributed by atoms with Crippen LogP contribution in [0.2, 0.25) is 0 Å². The summed E-state index contributed by atoms with van der Waals surface area (Å²) in [5, 5.41) is 0. The van der Waals surface area contributed by atoms with Crippen molar-refractivity contribution >= 4 is 15.7 Å². The summed E-state index contributed by atoms with van der Waals surface area (Å²) in [5.74, 6) is -0.0612. The number of benzene rings is 1. The second kappa shape index (κ2) is 10.8. The number of rotatable bonds is 12. The molecule has 142 valence electrons. The number of aryl methyl sites for hydroxylation is 1. The number of likely N-dealkylation sites (tertiary alicyclic amines) is 1. The van der Waals surface area contributed by atoms with E-state index in [1.807, 2.05) is 24.3 Å². The molecule has 1 aliphatic rings. The largest absolute Gasteiger partial charge is 0.382 e. The zero-order chi connectivity index (χ0) is 18.0. The van der Waals surface area contributed by atoms with Gasteiger partial charge in [-0.05, 0) is 63.0 Å². The van der Waals surface area contributed by atoms with Gasteiger partial charge in [0.1, 0.15) is 0 Å². The van der Waals surface area contributed by atoms with Gasteiger partial charge in [-0.15, -0.1) is 0 Å². The molecule has 1 N–H and O–H groups in total. The zero-order valence-corrected chi connectivity index (χ0v) is 15.9. The van der Waals surface area contributed by atoms with Crippen LogP contribution in [0, 0.1) is 0 Å². The fraction of sp³-hybridized carbons (Fsp3) is 0.667. The van der Waals surface area contributed by atoms with Gasteiger partial charge in [0, 0.05) is 12.8 Å². The molecule has 1 saturated heterocycles. The Bertz CT molecular complexity index is 584. The van der Waals surface area contributed by atoms with Gasteiger partial charge in [0.15, 0.2) is 0 Å². The first kappa shape index (κ1) is 20.2. The smallest absolute Gasteiger partial charge is 0.234 e. The molecule has 0 unspecified atom stereocenters. The number of methoxy groups -OCH3 is 1. The molecule has 0 bridgehead atoms. The summed E-state index contributed by atoms with van der Waals surface area (Å²) in [7, 11) is -1.80. The van der Waals surface area contributed by atoms with Crippen LogP contribution in [-0.4, -0.2) is 65.6 Å². The number of hydrogen-bond donors (Lipinski definition) is 1. The Kier molecular flexibility index (Phi) is 8.67. The van der Waals surface area contributed by atoms with Crippen LogP contribution in [0.15, 0.2) is 24.3 Å². The Morgan fingerprint density at radius 2 is 1.80 bits per heavy atom. The summed E-state index contributed by atoms with van der Waals surface area (Å²) in [5.41, 5.74) is 1.84. The standard InChI is InChI=1S/C18H30N2O4S/c1-23-13-14-24-15-16-25(21,22)19-18-8-6-17(7-9-18)5-4-12-20-10-2-3-11-20/h6-9,19H,2-5,10-16H2,1H3. The van der Waals surface area contributed by atoms with E-state index < -0.39 is 10.0 Å². The van der Waals surface area contributed by atoms with Crippen LogP contribution in [-0.2, 0) is 25.9 Å². The number of sulfonamides is 1. The van der Waals surface area contributed by atoms with Crippen LogP contribution in [0.5, 0.6) is 0 Å². The van der Waals surface area contributed by atoms with Crippen LogP contribution in [0.25, 0.3) is 0 Å². The van der Waals surface area contributed by atoms with Gasteiger partial charge in [-0.2, -0.15) is 0 Å². The average Bonchev–Trinajstić information content (AvgIpc) is 3.09. The molecule has 0 amide bonds. The molecule has 25 heavy (non-hydrogen) atoms. The second-order valence-electron chi connectivity index (χ2n) is 6.38. The summed E-state index contributed by atoms with van der Waals surface area (Å²) in [6.45, 7) is 4.64. The molecule has 1 aromatic rings. The van der Waals surface area contributed by atoms with E-state index in [1.165, 1.54) is 31.5 Å². The highest BCUT2D eigenvalue weighted by atomic mass is 32.2. The van der Waals surface area contributed by atoms with Gasteiger partial charge < -0.3 is 14.4 Å². The summed E-state index contributed by atoms with van der Waals surface area (Å²) in [6.07, 6.45) is 4.82. The van der Waals surface area contributed by atoms with E-state index in [0.29, 0.717) is 18.9 Å². The topological polar surface area (TPSA) is 67.9 Å². The number of ether oxygens (including phenoxy) is 2. The van der Waals surface area contributed by atoms with Gasteiger partial charge >= 0.3 is 0 Å². The molecular weight excluding hydrogens is 340 g/mol. The van der Waals surface area contributed by atoms with E-state index in [-0.39, 0.29) is 12.4 Å². The van der Waals surface area contributed by atoms with Gasteiger partial charge in [0.25, 0.3) is 0 Å². The summed E-state index contributed by atoms with van der Waals surface area (Å²) in [6, 6.07) is 7.65. The van der Waals surface area contributed by atoms with Crippen molar-refractivity contribution in [1.29, 1.82) is 0 Å². The van der Waals surface area contributed by atoms with E-state index in [4.69, 9.17) is 9.47 Å². The van der Waals surface area contributed by atoms with Crippen molar-refractivity contribution in [1.82, 2.24) is 4.90 Å². The lowest BCUT2D eigenvalue weighted by Crippen LogP contribution is -2.21. The first-order chi connectivity index (χ1) is 12.1. The molecule has 0 atom stereocenters. The monoisotopic (exact) mass is 370 g/mol. The molecule has 1 aromatic carbocycles. The van der Waals surface area contributed by atoms with E-state index >= 15 is 0 Å². The number of nitrogens with zero attached hydrogens (tertiary/aromatic N) is 1. The van der Waals surface area contributed by atoms with Gasteiger partial charge in [-0.3, -0.25) is 4.72 Å². The highest BCUT2D eigenvalue weighted by molar-refractivity contribution is 7.92. The summed E-state index contributed by atoms with van der Waals surface area (Å²) >= 11 is 0. The first-order valence-electron chi connectivity index (χ1n) is 8.97. The van der Waals surface area contributed by atoms with Gasteiger partial charge in [-0.25, -0.2) is 8.42 Å². The van der Waals surface area contributed by atoms with Crippen LogP contribution in [0.1, 0.15) is 24.8 Å². The molecule has 0 radical (unpaired) electrons. The summed E-state index contributed by atoms with van der Waals surface area (Å²) in [4.78, 5) is 2.51. The Hall–Kier alpha value is -1.15. The second-order valence-corrected chi connectivity index (χ2v) is 8.22. The van der Waals surface area contributed by atoms with Gasteiger partial charge in [-0.1, -0.05) is 12.1 Å². The third-order valence-electron chi connectivity index (χ3n) is 4.29. The summed E-state index contributed by atoms with van der Waals surface area (Å²) < 4.78 is 36.7. The number of nitrogens with one attached hydrogen (secondary N) is 1. The van der Waals surface area contributed by atoms with Crippen molar-refractivity contribution < 1.29 is 17.9 Å². The Balaban J connectivity index is 1.69. The predicted octanol–water partition coefficient (Wildman–Crippen LogP) is 2.12. The Morgan fingerprint density at radius 1 is 1.08 bits per heavy atom. The fourth-order valence-corrected chi connectivity index (χ4v) is 3.83. The molecule has 1 heterocycles. The Morgan fingerprint density at radius 3 is 2.48 bits per heavy atom. The molecule has 1 fully saturated rings. The van der Waals surface area contributed by atoms with Gasteiger partial charge in [0.2, 0.25) is 10.0 Å². The van der Waals surface area contributed by atoms with E-state index in [9.17, 15) is 8.42 Å². The number of hydrogen-bond acceptors (Lipinski definition) is 5. The minimum Gasteiger partial charge on any atom is -0.382 e. The molecule has 2 rings (SSSR count). The lowest BCUT2D eigenvalue weighted by molar-refractivity contribution is 0.0785. The third-order valence-corrected chi connectivity index (χ3v) is 5.54. The maximum absolute atomic E-state index is 12.0. The third kappa shape index (κ3) is 8.18. The lowest BCUT2D eigenvalue weighted by Gasteiger charge is -2.14. The highest BCUT2D eigenvalue weighted by Crippen LogP contribution is 2.14. The van der Waals surface area contributed by atoms with Crippen molar-refractivity contribution in [3.8, 4) is 0 Å².